The van der Waals surface area contributed by atoms with Gasteiger partial charge in [-0.15, -0.1) is 0 Å². The summed E-state index contributed by atoms with van der Waals surface area (Å²) in [7, 11) is 0. The van der Waals surface area contributed by atoms with E-state index in [0.717, 1.165) is 17.0 Å². The highest BCUT2D eigenvalue weighted by molar-refractivity contribution is 5.78. The van der Waals surface area contributed by atoms with Crippen LogP contribution in [0.25, 0.3) is 0 Å². The van der Waals surface area contributed by atoms with Crippen molar-refractivity contribution < 1.29 is 13.8 Å². The minimum atomic E-state index is -0.00272. The second kappa shape index (κ2) is 6.51. The van der Waals surface area contributed by atoms with Crippen molar-refractivity contribution in [2.45, 2.75) is 32.7 Å². The summed E-state index contributed by atoms with van der Waals surface area (Å²) in [5.41, 5.74) is 3.24. The van der Waals surface area contributed by atoms with E-state index in [1.165, 1.54) is 0 Å². The van der Waals surface area contributed by atoms with Crippen LogP contribution >= 0.6 is 0 Å². The molecular formula is C18H18N4O3. The maximum absolute atomic E-state index is 12.5. The molecule has 0 atom stereocenters. The molecule has 0 N–H and O–H groups in total. The average molecular weight is 338 g/mol. The monoisotopic (exact) mass is 338 g/mol. The normalized spacial score (nSPS) is 13.7. The summed E-state index contributed by atoms with van der Waals surface area (Å²) in [6.45, 7) is 2.87. The van der Waals surface area contributed by atoms with Gasteiger partial charge in [0.1, 0.15) is 22.8 Å². The second-order valence-electron chi connectivity index (χ2n) is 6.18. The second-order valence-corrected chi connectivity index (χ2v) is 6.18. The third-order valence-corrected chi connectivity index (χ3v) is 4.39. The molecular weight excluding hydrogens is 320 g/mol. The summed E-state index contributed by atoms with van der Waals surface area (Å²) in [5.74, 6) is 1.58. The van der Waals surface area contributed by atoms with Gasteiger partial charge in [0, 0.05) is 19.4 Å². The largest absolute Gasteiger partial charge is 0.445 e. The number of hydrogen-bond donors (Lipinski definition) is 0. The molecule has 25 heavy (non-hydrogen) atoms. The average Bonchev–Trinajstić information content (AvgIpc) is 3.20. The summed E-state index contributed by atoms with van der Waals surface area (Å²) < 4.78 is 10.5. The van der Waals surface area contributed by atoms with Crippen molar-refractivity contribution in [1.82, 2.24) is 20.2 Å². The molecule has 7 heteroatoms. The number of aryl methyl sites for hydroxylation is 1. The van der Waals surface area contributed by atoms with Crippen LogP contribution in [-0.2, 0) is 30.6 Å². The molecule has 4 rings (SSSR count). The highest BCUT2D eigenvalue weighted by Gasteiger charge is 2.26. The van der Waals surface area contributed by atoms with Gasteiger partial charge in [0.2, 0.25) is 5.91 Å². The zero-order chi connectivity index (χ0) is 17.2. The molecule has 0 spiro atoms. The Morgan fingerprint density at radius 2 is 2.08 bits per heavy atom. The van der Waals surface area contributed by atoms with Crippen molar-refractivity contribution in [2.24, 2.45) is 0 Å². The smallest absolute Gasteiger partial charge is 0.229 e. The number of hydrogen-bond acceptors (Lipinski definition) is 6. The molecule has 0 saturated carbocycles. The van der Waals surface area contributed by atoms with Gasteiger partial charge in [0.25, 0.3) is 0 Å². The van der Waals surface area contributed by atoms with E-state index in [1.54, 1.807) is 11.8 Å². The van der Waals surface area contributed by atoms with Gasteiger partial charge < -0.3 is 9.32 Å². The van der Waals surface area contributed by atoms with Gasteiger partial charge in [0.15, 0.2) is 5.89 Å². The number of carbonyl (C=O) groups is 1. The van der Waals surface area contributed by atoms with E-state index in [0.29, 0.717) is 43.2 Å². The Bertz CT molecular complexity index is 885. The van der Waals surface area contributed by atoms with Crippen LogP contribution in [0.5, 0.6) is 0 Å². The number of aromatic nitrogens is 3. The predicted octanol–water partition coefficient (Wildman–Crippen LogP) is 2.08. The number of oxazole rings is 1. The van der Waals surface area contributed by atoms with Crippen LogP contribution in [0, 0.1) is 6.92 Å². The fraction of sp³-hybridized carbons (Fsp3) is 0.333. The molecule has 0 unspecified atom stereocenters. The number of fused-ring (bicyclic) bond motifs is 1. The van der Waals surface area contributed by atoms with E-state index in [4.69, 9.17) is 4.42 Å². The molecule has 0 saturated heterocycles. The van der Waals surface area contributed by atoms with E-state index in [2.05, 4.69) is 19.9 Å². The molecule has 0 radical (unpaired) electrons. The van der Waals surface area contributed by atoms with Gasteiger partial charge in [-0.1, -0.05) is 40.6 Å². The highest BCUT2D eigenvalue weighted by atomic mass is 16.6. The van der Waals surface area contributed by atoms with Crippen LogP contribution in [0.15, 0.2) is 39.4 Å². The standard InChI is InChI=1S/C18H18N4O3/c1-12-14(21-25-20-12)10-18(23)22-8-7-16-15(11-22)19-17(24-16)9-13-5-3-2-4-6-13/h2-6H,7-11H2,1H3. The molecule has 0 fully saturated rings. The van der Waals surface area contributed by atoms with Crippen molar-refractivity contribution in [3.05, 3.63) is 64.6 Å². The molecule has 2 aromatic heterocycles. The van der Waals surface area contributed by atoms with Crippen LogP contribution in [0.2, 0.25) is 0 Å². The lowest BCUT2D eigenvalue weighted by Crippen LogP contribution is -2.37. The molecule has 7 nitrogen and oxygen atoms in total. The number of rotatable bonds is 4. The molecule has 1 amide bonds. The van der Waals surface area contributed by atoms with Crippen molar-refractivity contribution in [1.29, 1.82) is 0 Å². The Morgan fingerprint density at radius 3 is 2.84 bits per heavy atom. The molecule has 3 heterocycles. The third kappa shape index (κ3) is 3.31. The number of amides is 1. The number of nitrogens with zero attached hydrogens (tertiary/aromatic N) is 4. The molecule has 1 aliphatic heterocycles. The molecule has 128 valence electrons. The first-order valence-electron chi connectivity index (χ1n) is 8.26. The first-order valence-corrected chi connectivity index (χ1v) is 8.26. The Hall–Kier alpha value is -2.96. The van der Waals surface area contributed by atoms with Gasteiger partial charge >= 0.3 is 0 Å². The molecule has 1 aliphatic rings. The van der Waals surface area contributed by atoms with Gasteiger partial charge in [-0.2, -0.15) is 0 Å². The van der Waals surface area contributed by atoms with Crippen molar-refractivity contribution >= 4 is 5.91 Å². The first kappa shape index (κ1) is 15.6. The van der Waals surface area contributed by atoms with E-state index in [1.807, 2.05) is 30.3 Å². The molecule has 0 bridgehead atoms. The predicted molar refractivity (Wildman–Crippen MR) is 87.6 cm³/mol. The van der Waals surface area contributed by atoms with E-state index >= 15 is 0 Å². The minimum absolute atomic E-state index is 0.00272. The van der Waals surface area contributed by atoms with Gasteiger partial charge in [0.05, 0.1) is 13.0 Å². The quantitative estimate of drug-likeness (QED) is 0.724. The lowest BCUT2D eigenvalue weighted by atomic mass is 10.1. The SMILES string of the molecule is Cc1nonc1CC(=O)N1CCc2oc(Cc3ccccc3)nc2C1. The lowest BCUT2D eigenvalue weighted by molar-refractivity contribution is -0.131. The zero-order valence-corrected chi connectivity index (χ0v) is 13.9. The highest BCUT2D eigenvalue weighted by Crippen LogP contribution is 2.22. The lowest BCUT2D eigenvalue weighted by Gasteiger charge is -2.25. The Balaban J connectivity index is 1.44. The summed E-state index contributed by atoms with van der Waals surface area (Å²) in [4.78, 5) is 18.9. The minimum Gasteiger partial charge on any atom is -0.445 e. The molecule has 1 aromatic carbocycles. The van der Waals surface area contributed by atoms with E-state index < -0.39 is 0 Å². The fourth-order valence-corrected chi connectivity index (χ4v) is 2.98. The van der Waals surface area contributed by atoms with Gasteiger partial charge in [-0.25, -0.2) is 9.61 Å². The first-order chi connectivity index (χ1) is 12.2. The zero-order valence-electron chi connectivity index (χ0n) is 13.9. The van der Waals surface area contributed by atoms with Gasteiger partial charge in [-0.3, -0.25) is 4.79 Å². The van der Waals surface area contributed by atoms with Crippen molar-refractivity contribution in [2.75, 3.05) is 6.54 Å². The third-order valence-electron chi connectivity index (χ3n) is 4.39. The molecule has 3 aromatic rings. The number of carbonyl (C=O) groups excluding carboxylic acids is 1. The van der Waals surface area contributed by atoms with Crippen LogP contribution < -0.4 is 0 Å². The van der Waals surface area contributed by atoms with Crippen molar-refractivity contribution in [3.63, 3.8) is 0 Å². The Kier molecular flexibility index (Phi) is 4.05. The number of benzene rings is 1. The maximum Gasteiger partial charge on any atom is 0.229 e. The topological polar surface area (TPSA) is 85.3 Å². The van der Waals surface area contributed by atoms with E-state index in [-0.39, 0.29) is 12.3 Å². The van der Waals surface area contributed by atoms with Crippen LogP contribution in [0.3, 0.4) is 0 Å². The molecule has 0 aliphatic carbocycles. The Morgan fingerprint density at radius 1 is 1.24 bits per heavy atom. The maximum atomic E-state index is 12.5. The summed E-state index contributed by atoms with van der Waals surface area (Å²) in [5, 5.41) is 7.49. The summed E-state index contributed by atoms with van der Waals surface area (Å²) in [6.07, 6.45) is 1.53. The van der Waals surface area contributed by atoms with Crippen LogP contribution in [-0.4, -0.2) is 32.6 Å². The fourth-order valence-electron chi connectivity index (χ4n) is 2.98. The van der Waals surface area contributed by atoms with Crippen LogP contribution in [0.4, 0.5) is 0 Å². The summed E-state index contributed by atoms with van der Waals surface area (Å²) >= 11 is 0. The van der Waals surface area contributed by atoms with Crippen LogP contribution in [0.1, 0.15) is 34.3 Å². The van der Waals surface area contributed by atoms with E-state index in [9.17, 15) is 4.79 Å². The Labute approximate surface area is 144 Å². The van der Waals surface area contributed by atoms with Gasteiger partial charge in [-0.05, 0) is 12.5 Å². The van der Waals surface area contributed by atoms with Crippen molar-refractivity contribution in [3.8, 4) is 0 Å². The summed E-state index contributed by atoms with van der Waals surface area (Å²) in [6, 6.07) is 10.1.